The lowest BCUT2D eigenvalue weighted by Gasteiger charge is -2.35. The summed E-state index contributed by atoms with van der Waals surface area (Å²) in [5.41, 5.74) is 0.824. The SMILES string of the molecule is O=C(/C=C/c1ccc(Cl)c(Cl)c1)N1CCC(C(=O)N2CCOCC2)CC1. The number of nitrogens with zero attached hydrogens (tertiary/aromatic N) is 2. The van der Waals surface area contributed by atoms with Crippen molar-refractivity contribution in [2.75, 3.05) is 39.4 Å². The average Bonchev–Trinajstić information content (AvgIpc) is 2.69. The third-order valence-electron chi connectivity index (χ3n) is 4.84. The van der Waals surface area contributed by atoms with Gasteiger partial charge in [-0.25, -0.2) is 0 Å². The van der Waals surface area contributed by atoms with E-state index in [1.165, 1.54) is 0 Å². The lowest BCUT2D eigenvalue weighted by molar-refractivity contribution is -0.142. The molecule has 0 bridgehead atoms. The van der Waals surface area contributed by atoms with Gasteiger partial charge in [0.15, 0.2) is 0 Å². The van der Waals surface area contributed by atoms with E-state index in [1.807, 2.05) is 11.0 Å². The van der Waals surface area contributed by atoms with Crippen LogP contribution in [-0.2, 0) is 14.3 Å². The van der Waals surface area contributed by atoms with Crippen LogP contribution >= 0.6 is 23.2 Å². The molecule has 2 aliphatic rings. The van der Waals surface area contributed by atoms with E-state index in [-0.39, 0.29) is 17.7 Å². The third-order valence-corrected chi connectivity index (χ3v) is 5.58. The highest BCUT2D eigenvalue weighted by Crippen LogP contribution is 2.24. The summed E-state index contributed by atoms with van der Waals surface area (Å²) in [5, 5.41) is 0.950. The van der Waals surface area contributed by atoms with Crippen LogP contribution in [0.5, 0.6) is 0 Å². The van der Waals surface area contributed by atoms with Crippen molar-refractivity contribution >= 4 is 41.1 Å². The Bertz CT molecular complexity index is 694. The van der Waals surface area contributed by atoms with Crippen molar-refractivity contribution in [3.8, 4) is 0 Å². The Morgan fingerprint density at radius 2 is 1.69 bits per heavy atom. The number of hydrogen-bond acceptors (Lipinski definition) is 3. The van der Waals surface area contributed by atoms with E-state index in [2.05, 4.69) is 0 Å². The number of rotatable bonds is 3. The maximum Gasteiger partial charge on any atom is 0.246 e. The molecule has 2 aliphatic heterocycles. The number of ether oxygens (including phenoxy) is 1. The first kappa shape index (κ1) is 19.2. The van der Waals surface area contributed by atoms with Gasteiger partial charge in [0.05, 0.1) is 23.3 Å². The van der Waals surface area contributed by atoms with Gasteiger partial charge in [-0.15, -0.1) is 0 Å². The summed E-state index contributed by atoms with van der Waals surface area (Å²) in [6, 6.07) is 5.24. The van der Waals surface area contributed by atoms with Gasteiger partial charge in [0.25, 0.3) is 0 Å². The molecule has 0 aliphatic carbocycles. The molecule has 2 saturated heterocycles. The minimum Gasteiger partial charge on any atom is -0.378 e. The molecular formula is C19H22Cl2N2O3. The van der Waals surface area contributed by atoms with E-state index in [0.717, 1.165) is 5.56 Å². The van der Waals surface area contributed by atoms with Crippen molar-refractivity contribution in [3.05, 3.63) is 39.9 Å². The van der Waals surface area contributed by atoms with Crippen LogP contribution in [-0.4, -0.2) is 61.0 Å². The summed E-state index contributed by atoms with van der Waals surface area (Å²) in [6.07, 6.45) is 4.70. The average molecular weight is 397 g/mol. The lowest BCUT2D eigenvalue weighted by atomic mass is 9.95. The molecule has 1 aromatic rings. The van der Waals surface area contributed by atoms with Crippen molar-refractivity contribution in [3.63, 3.8) is 0 Å². The normalized spacial score (nSPS) is 19.2. The Kier molecular flexibility index (Phi) is 6.57. The summed E-state index contributed by atoms with van der Waals surface area (Å²) < 4.78 is 5.29. The molecule has 0 N–H and O–H groups in total. The molecule has 0 unspecified atom stereocenters. The maximum atomic E-state index is 12.5. The van der Waals surface area contributed by atoms with E-state index in [1.54, 1.807) is 29.2 Å². The quantitative estimate of drug-likeness (QED) is 0.737. The fourth-order valence-electron chi connectivity index (χ4n) is 3.28. The maximum absolute atomic E-state index is 12.5. The molecule has 2 fully saturated rings. The van der Waals surface area contributed by atoms with Crippen LogP contribution in [0, 0.1) is 5.92 Å². The van der Waals surface area contributed by atoms with Crippen molar-refractivity contribution < 1.29 is 14.3 Å². The predicted molar refractivity (Wildman–Crippen MR) is 102 cm³/mol. The number of amides is 2. The van der Waals surface area contributed by atoms with Crippen molar-refractivity contribution in [2.45, 2.75) is 12.8 Å². The van der Waals surface area contributed by atoms with Crippen LogP contribution in [0.1, 0.15) is 18.4 Å². The van der Waals surface area contributed by atoms with Crippen molar-refractivity contribution in [1.82, 2.24) is 9.80 Å². The molecule has 0 saturated carbocycles. The van der Waals surface area contributed by atoms with E-state index in [9.17, 15) is 9.59 Å². The van der Waals surface area contributed by atoms with Gasteiger partial charge in [-0.2, -0.15) is 0 Å². The highest BCUT2D eigenvalue weighted by Gasteiger charge is 2.30. The lowest BCUT2D eigenvalue weighted by Crippen LogP contribution is -2.47. The second kappa shape index (κ2) is 8.89. The molecule has 0 radical (unpaired) electrons. The first-order valence-electron chi connectivity index (χ1n) is 8.83. The van der Waals surface area contributed by atoms with Gasteiger partial charge in [0, 0.05) is 38.2 Å². The highest BCUT2D eigenvalue weighted by molar-refractivity contribution is 6.42. The van der Waals surface area contributed by atoms with Crippen molar-refractivity contribution in [2.24, 2.45) is 5.92 Å². The summed E-state index contributed by atoms with van der Waals surface area (Å²) >= 11 is 11.9. The van der Waals surface area contributed by atoms with E-state index >= 15 is 0 Å². The van der Waals surface area contributed by atoms with Gasteiger partial charge in [0.1, 0.15) is 0 Å². The minimum absolute atomic E-state index is 0.0104. The number of carbonyl (C=O) groups is 2. The van der Waals surface area contributed by atoms with Gasteiger partial charge in [0.2, 0.25) is 11.8 Å². The molecule has 140 valence electrons. The van der Waals surface area contributed by atoms with Crippen LogP contribution in [0.3, 0.4) is 0 Å². The zero-order chi connectivity index (χ0) is 18.5. The fourth-order valence-corrected chi connectivity index (χ4v) is 3.58. The molecule has 1 aromatic carbocycles. The Morgan fingerprint density at radius 3 is 2.35 bits per heavy atom. The topological polar surface area (TPSA) is 49.9 Å². The molecule has 0 atom stereocenters. The molecule has 5 nitrogen and oxygen atoms in total. The number of carbonyl (C=O) groups excluding carboxylic acids is 2. The zero-order valence-electron chi connectivity index (χ0n) is 14.5. The summed E-state index contributed by atoms with van der Waals surface area (Å²) in [7, 11) is 0. The summed E-state index contributed by atoms with van der Waals surface area (Å²) in [4.78, 5) is 28.6. The Morgan fingerprint density at radius 1 is 1.00 bits per heavy atom. The second-order valence-electron chi connectivity index (χ2n) is 6.54. The standard InChI is InChI=1S/C19H22Cl2N2O3/c20-16-3-1-14(13-17(16)21)2-4-18(24)22-7-5-15(6-8-22)19(25)23-9-11-26-12-10-23/h1-4,13,15H,5-12H2/b4-2+. The monoisotopic (exact) mass is 396 g/mol. The Hall–Kier alpha value is -1.56. The van der Waals surface area contributed by atoms with Gasteiger partial charge < -0.3 is 14.5 Å². The van der Waals surface area contributed by atoms with Crippen LogP contribution < -0.4 is 0 Å². The molecule has 7 heteroatoms. The van der Waals surface area contributed by atoms with Gasteiger partial charge >= 0.3 is 0 Å². The summed E-state index contributed by atoms with van der Waals surface area (Å²) in [6.45, 7) is 3.77. The number of hydrogen-bond donors (Lipinski definition) is 0. The second-order valence-corrected chi connectivity index (χ2v) is 7.36. The van der Waals surface area contributed by atoms with Gasteiger partial charge in [-0.1, -0.05) is 29.3 Å². The number of benzene rings is 1. The summed E-state index contributed by atoms with van der Waals surface area (Å²) in [5.74, 6) is 0.163. The molecule has 2 amide bonds. The van der Waals surface area contributed by atoms with Crippen LogP contribution in [0.25, 0.3) is 6.08 Å². The highest BCUT2D eigenvalue weighted by atomic mass is 35.5. The molecular weight excluding hydrogens is 375 g/mol. The molecule has 0 spiro atoms. The van der Waals surface area contributed by atoms with Gasteiger partial charge in [-0.3, -0.25) is 9.59 Å². The third kappa shape index (κ3) is 4.78. The van der Waals surface area contributed by atoms with Crippen LogP contribution in [0.4, 0.5) is 0 Å². The Balaban J connectivity index is 1.50. The fraction of sp³-hybridized carbons (Fsp3) is 0.474. The van der Waals surface area contributed by atoms with E-state index < -0.39 is 0 Å². The number of likely N-dealkylation sites (tertiary alicyclic amines) is 1. The first-order chi connectivity index (χ1) is 12.5. The van der Waals surface area contributed by atoms with E-state index in [4.69, 9.17) is 27.9 Å². The minimum atomic E-state index is -0.0478. The number of piperidine rings is 1. The molecule has 26 heavy (non-hydrogen) atoms. The number of halogens is 2. The van der Waals surface area contributed by atoms with Crippen molar-refractivity contribution in [1.29, 1.82) is 0 Å². The Labute approximate surface area is 163 Å². The van der Waals surface area contributed by atoms with Crippen LogP contribution in [0.15, 0.2) is 24.3 Å². The molecule has 0 aromatic heterocycles. The predicted octanol–water partition coefficient (Wildman–Crippen LogP) is 3.10. The largest absolute Gasteiger partial charge is 0.378 e. The smallest absolute Gasteiger partial charge is 0.246 e. The first-order valence-corrected chi connectivity index (χ1v) is 9.59. The number of morpholine rings is 1. The zero-order valence-corrected chi connectivity index (χ0v) is 16.0. The van der Waals surface area contributed by atoms with E-state index in [0.29, 0.717) is 62.3 Å². The van der Waals surface area contributed by atoms with Crippen LogP contribution in [0.2, 0.25) is 10.0 Å². The molecule has 2 heterocycles. The van der Waals surface area contributed by atoms with Gasteiger partial charge in [-0.05, 0) is 36.6 Å². The molecule has 3 rings (SSSR count).